The molecule has 2 heterocycles. The number of nitro benzene ring substituents is 1. The fourth-order valence-corrected chi connectivity index (χ4v) is 3.83. The summed E-state index contributed by atoms with van der Waals surface area (Å²) in [6, 6.07) is 13.8. The molecule has 3 aromatic rings. The summed E-state index contributed by atoms with van der Waals surface area (Å²) in [5, 5.41) is 12.7. The van der Waals surface area contributed by atoms with Crippen LogP contribution in [0.4, 0.5) is 5.69 Å². The number of thioether (sulfide) groups is 1. The van der Waals surface area contributed by atoms with Gasteiger partial charge in [0.05, 0.1) is 30.0 Å². The maximum absolute atomic E-state index is 12.7. The normalized spacial score (nSPS) is 10.6. The molecule has 0 radical (unpaired) electrons. The molecule has 0 aliphatic heterocycles. The first-order valence-electron chi connectivity index (χ1n) is 7.81. The van der Waals surface area contributed by atoms with E-state index in [0.29, 0.717) is 13.1 Å². The van der Waals surface area contributed by atoms with Crippen LogP contribution in [-0.2, 0) is 17.9 Å². The summed E-state index contributed by atoms with van der Waals surface area (Å²) in [4.78, 5) is 26.6. The van der Waals surface area contributed by atoms with Crippen LogP contribution in [-0.4, -0.2) is 21.5 Å². The molecular weight excluding hydrogens is 372 g/mol. The highest BCUT2D eigenvalue weighted by Crippen LogP contribution is 2.23. The first-order valence-corrected chi connectivity index (χ1v) is 9.68. The molecule has 0 saturated carbocycles. The van der Waals surface area contributed by atoms with Gasteiger partial charge in [-0.1, -0.05) is 6.07 Å². The predicted octanol–water partition coefficient (Wildman–Crippen LogP) is 4.57. The van der Waals surface area contributed by atoms with Gasteiger partial charge < -0.3 is 9.32 Å². The van der Waals surface area contributed by atoms with Crippen LogP contribution in [0, 0.1) is 10.1 Å². The van der Waals surface area contributed by atoms with Crippen molar-refractivity contribution in [2.45, 2.75) is 18.0 Å². The van der Waals surface area contributed by atoms with E-state index in [9.17, 15) is 14.9 Å². The van der Waals surface area contributed by atoms with Crippen molar-refractivity contribution >= 4 is 34.7 Å². The Labute approximate surface area is 158 Å². The van der Waals surface area contributed by atoms with E-state index in [0.717, 1.165) is 15.5 Å². The molecule has 3 rings (SSSR count). The third kappa shape index (κ3) is 4.96. The van der Waals surface area contributed by atoms with E-state index in [-0.39, 0.29) is 17.3 Å². The zero-order valence-corrected chi connectivity index (χ0v) is 15.4. The van der Waals surface area contributed by atoms with Crippen molar-refractivity contribution in [2.24, 2.45) is 0 Å². The van der Waals surface area contributed by atoms with Crippen LogP contribution in [0.3, 0.4) is 0 Å². The lowest BCUT2D eigenvalue weighted by Crippen LogP contribution is -2.31. The lowest BCUT2D eigenvalue weighted by molar-refractivity contribution is -0.384. The van der Waals surface area contributed by atoms with Gasteiger partial charge in [-0.15, -0.1) is 23.1 Å². The van der Waals surface area contributed by atoms with Gasteiger partial charge in [-0.05, 0) is 35.7 Å². The summed E-state index contributed by atoms with van der Waals surface area (Å²) < 4.78 is 5.37. The molecule has 0 N–H and O–H groups in total. The monoisotopic (exact) mass is 388 g/mol. The molecule has 134 valence electrons. The van der Waals surface area contributed by atoms with E-state index >= 15 is 0 Å². The first kappa shape index (κ1) is 18.2. The van der Waals surface area contributed by atoms with E-state index in [1.54, 1.807) is 40.7 Å². The average molecular weight is 388 g/mol. The number of amides is 1. The molecule has 0 aliphatic rings. The number of hydrogen-bond acceptors (Lipinski definition) is 6. The Morgan fingerprint density at radius 2 is 1.96 bits per heavy atom. The Kier molecular flexibility index (Phi) is 6.08. The number of furan rings is 1. The maximum atomic E-state index is 12.7. The van der Waals surface area contributed by atoms with Crippen LogP contribution in [0.5, 0.6) is 0 Å². The highest BCUT2D eigenvalue weighted by atomic mass is 32.2. The third-order valence-corrected chi connectivity index (χ3v) is 5.47. The minimum absolute atomic E-state index is 0.0156. The maximum Gasteiger partial charge on any atom is 0.269 e. The first-order chi connectivity index (χ1) is 12.6. The van der Waals surface area contributed by atoms with Crippen molar-refractivity contribution in [3.8, 4) is 0 Å². The largest absolute Gasteiger partial charge is 0.467 e. The van der Waals surface area contributed by atoms with Gasteiger partial charge in [0.25, 0.3) is 5.69 Å². The second kappa shape index (κ2) is 8.68. The number of thiophene rings is 1. The Hall–Kier alpha value is -2.58. The van der Waals surface area contributed by atoms with Gasteiger partial charge in [0.15, 0.2) is 0 Å². The summed E-state index contributed by atoms with van der Waals surface area (Å²) in [6.45, 7) is 0.933. The Morgan fingerprint density at radius 1 is 1.15 bits per heavy atom. The van der Waals surface area contributed by atoms with Crippen molar-refractivity contribution in [1.29, 1.82) is 0 Å². The van der Waals surface area contributed by atoms with Crippen LogP contribution in [0.1, 0.15) is 10.6 Å². The number of hydrogen-bond donors (Lipinski definition) is 0. The number of non-ortho nitro benzene ring substituents is 1. The standard InChI is InChI=1S/C18H16N2O4S2/c21-18(13-26-16-7-5-14(6-8-16)20(22)23)19(11-15-3-1-9-24-15)12-17-4-2-10-25-17/h1-10H,11-13H2. The van der Waals surface area contributed by atoms with Crippen LogP contribution >= 0.6 is 23.1 Å². The molecule has 26 heavy (non-hydrogen) atoms. The number of rotatable bonds is 8. The topological polar surface area (TPSA) is 76.6 Å². The predicted molar refractivity (Wildman–Crippen MR) is 101 cm³/mol. The quantitative estimate of drug-likeness (QED) is 0.321. The second-order valence-electron chi connectivity index (χ2n) is 5.45. The van der Waals surface area contributed by atoms with Crippen LogP contribution in [0.25, 0.3) is 0 Å². The molecule has 0 fully saturated rings. The van der Waals surface area contributed by atoms with Gasteiger partial charge in [0.1, 0.15) is 5.76 Å². The van der Waals surface area contributed by atoms with Crippen LogP contribution in [0.15, 0.2) is 69.5 Å². The Balaban J connectivity index is 1.63. The lowest BCUT2D eigenvalue weighted by Gasteiger charge is -2.21. The number of nitro groups is 1. The van der Waals surface area contributed by atoms with Gasteiger partial charge in [0, 0.05) is 21.9 Å². The molecule has 0 spiro atoms. The van der Waals surface area contributed by atoms with Crippen molar-refractivity contribution in [1.82, 2.24) is 4.90 Å². The van der Waals surface area contributed by atoms with Crippen molar-refractivity contribution < 1.29 is 14.1 Å². The van der Waals surface area contributed by atoms with E-state index < -0.39 is 4.92 Å². The highest BCUT2D eigenvalue weighted by molar-refractivity contribution is 8.00. The van der Waals surface area contributed by atoms with Gasteiger partial charge in [-0.25, -0.2) is 0 Å². The number of nitrogens with zero attached hydrogens (tertiary/aromatic N) is 2. The molecular formula is C18H16N2O4S2. The SMILES string of the molecule is O=C(CSc1ccc([N+](=O)[O-])cc1)N(Cc1ccco1)Cc1cccs1. The number of benzene rings is 1. The summed E-state index contributed by atoms with van der Waals surface area (Å²) in [5.41, 5.74) is 0.0396. The molecule has 0 unspecified atom stereocenters. The lowest BCUT2D eigenvalue weighted by atomic mass is 10.3. The van der Waals surface area contributed by atoms with Gasteiger partial charge in [-0.2, -0.15) is 0 Å². The Bertz CT molecular complexity index is 810. The minimum atomic E-state index is -0.439. The molecule has 1 amide bonds. The summed E-state index contributed by atoms with van der Waals surface area (Å²) >= 11 is 2.97. The molecule has 0 saturated heterocycles. The van der Waals surface area contributed by atoms with Crippen LogP contribution < -0.4 is 0 Å². The molecule has 1 aromatic carbocycles. The van der Waals surface area contributed by atoms with Gasteiger partial charge in [-0.3, -0.25) is 14.9 Å². The van der Waals surface area contributed by atoms with Crippen molar-refractivity contribution in [3.05, 3.63) is 80.9 Å². The Morgan fingerprint density at radius 3 is 2.58 bits per heavy atom. The van der Waals surface area contributed by atoms with Crippen molar-refractivity contribution in [3.63, 3.8) is 0 Å². The van der Waals surface area contributed by atoms with Crippen molar-refractivity contribution in [2.75, 3.05) is 5.75 Å². The molecule has 8 heteroatoms. The van der Waals surface area contributed by atoms with E-state index in [4.69, 9.17) is 4.42 Å². The fraction of sp³-hybridized carbons (Fsp3) is 0.167. The molecule has 0 aliphatic carbocycles. The summed E-state index contributed by atoms with van der Waals surface area (Å²) in [5.74, 6) is 0.970. The fourth-order valence-electron chi connectivity index (χ4n) is 2.31. The smallest absolute Gasteiger partial charge is 0.269 e. The average Bonchev–Trinajstić information content (AvgIpc) is 3.33. The summed E-state index contributed by atoms with van der Waals surface area (Å²) in [6.07, 6.45) is 1.59. The van der Waals surface area contributed by atoms with Crippen LogP contribution in [0.2, 0.25) is 0 Å². The molecule has 0 atom stereocenters. The number of carbonyl (C=O) groups excluding carboxylic acids is 1. The van der Waals surface area contributed by atoms with E-state index in [1.165, 1.54) is 23.9 Å². The van der Waals surface area contributed by atoms with Gasteiger partial charge >= 0.3 is 0 Å². The zero-order valence-electron chi connectivity index (χ0n) is 13.7. The highest BCUT2D eigenvalue weighted by Gasteiger charge is 2.17. The molecule has 0 bridgehead atoms. The molecule has 6 nitrogen and oxygen atoms in total. The minimum Gasteiger partial charge on any atom is -0.467 e. The van der Waals surface area contributed by atoms with Gasteiger partial charge in [0.2, 0.25) is 5.91 Å². The molecule has 2 aromatic heterocycles. The summed E-state index contributed by atoms with van der Waals surface area (Å²) in [7, 11) is 0. The number of carbonyl (C=O) groups is 1. The third-order valence-electron chi connectivity index (χ3n) is 3.62. The van der Waals surface area contributed by atoms with E-state index in [1.807, 2.05) is 23.6 Å². The van der Waals surface area contributed by atoms with E-state index in [2.05, 4.69) is 0 Å². The second-order valence-corrected chi connectivity index (χ2v) is 7.53. The zero-order chi connectivity index (χ0) is 18.4.